The summed E-state index contributed by atoms with van der Waals surface area (Å²) in [6, 6.07) is 19.9. The van der Waals surface area contributed by atoms with Crippen molar-refractivity contribution in [2.24, 2.45) is 5.73 Å². The topological polar surface area (TPSA) is 142 Å². The van der Waals surface area contributed by atoms with E-state index in [1.807, 2.05) is 6.07 Å². The summed E-state index contributed by atoms with van der Waals surface area (Å²) in [7, 11) is -4.24. The molecule has 0 aliphatic rings. The Morgan fingerprint density at radius 3 is 2.06 bits per heavy atom. The van der Waals surface area contributed by atoms with Gasteiger partial charge in [0.25, 0.3) is 0 Å². The molecule has 8 nitrogen and oxygen atoms in total. The van der Waals surface area contributed by atoms with Crippen molar-refractivity contribution in [2.45, 2.75) is 17.5 Å². The summed E-state index contributed by atoms with van der Waals surface area (Å²) in [5.74, 6) is -1.98. The molecule has 3 rings (SSSR count). The quantitative estimate of drug-likeness (QED) is 0.541. The van der Waals surface area contributed by atoms with E-state index in [0.29, 0.717) is 11.1 Å². The van der Waals surface area contributed by atoms with Gasteiger partial charge in [0, 0.05) is 6.54 Å². The Morgan fingerprint density at radius 1 is 0.969 bits per heavy atom. The molecule has 0 saturated carbocycles. The molecule has 32 heavy (non-hydrogen) atoms. The van der Waals surface area contributed by atoms with Gasteiger partial charge >= 0.3 is 5.97 Å². The zero-order valence-electron chi connectivity index (χ0n) is 16.8. The average molecular weight is 449 g/mol. The smallest absolute Gasteiger partial charge is 0.335 e. The first-order valence-corrected chi connectivity index (χ1v) is 10.9. The summed E-state index contributed by atoms with van der Waals surface area (Å²) >= 11 is 0. The van der Waals surface area contributed by atoms with E-state index >= 15 is 0 Å². The van der Waals surface area contributed by atoms with Gasteiger partial charge in [0.1, 0.15) is 6.04 Å². The number of rotatable bonds is 8. The Hall–Kier alpha value is -4.00. The molecule has 9 heteroatoms. The number of carboxylic acid groups (broad SMARTS) is 1. The van der Waals surface area contributed by atoms with Crippen LogP contribution in [0.5, 0.6) is 0 Å². The average Bonchev–Trinajstić information content (AvgIpc) is 2.79. The summed E-state index contributed by atoms with van der Waals surface area (Å²) < 4.78 is 28.1. The van der Waals surface area contributed by atoms with Crippen molar-refractivity contribution in [2.75, 3.05) is 0 Å². The molecule has 0 spiro atoms. The van der Waals surface area contributed by atoms with Crippen molar-refractivity contribution in [3.05, 3.63) is 101 Å². The van der Waals surface area contributed by atoms with Crippen molar-refractivity contribution in [1.29, 1.82) is 5.26 Å². The third-order valence-corrected chi connectivity index (χ3v) is 6.63. The molecule has 0 aliphatic heterocycles. The van der Waals surface area contributed by atoms with E-state index in [1.165, 1.54) is 48.5 Å². The van der Waals surface area contributed by atoms with Gasteiger partial charge in [-0.15, -0.1) is 0 Å². The molecule has 3 aromatic carbocycles. The maximum absolute atomic E-state index is 13.6. The van der Waals surface area contributed by atoms with E-state index in [-0.39, 0.29) is 22.6 Å². The molecular formula is C23H19N3O5S. The van der Waals surface area contributed by atoms with Crippen LogP contribution in [-0.4, -0.2) is 29.7 Å². The second-order valence-electron chi connectivity index (χ2n) is 6.90. The molecule has 0 aliphatic carbocycles. The first-order valence-electron chi connectivity index (χ1n) is 9.42. The van der Waals surface area contributed by atoms with E-state index in [2.05, 4.69) is 0 Å². The van der Waals surface area contributed by atoms with Gasteiger partial charge in [-0.1, -0.05) is 42.5 Å². The third-order valence-electron chi connectivity index (χ3n) is 4.80. The molecule has 0 radical (unpaired) electrons. The lowest BCUT2D eigenvalue weighted by Crippen LogP contribution is -2.41. The SMILES string of the molecule is N#Cc1ccc(S(=O)(=O)N(Cc2ccc(C(=O)O)cc2)[C@@H](C(N)=O)c2ccccc2)cc1. The molecule has 0 unspecified atom stereocenters. The number of nitrogens with two attached hydrogens (primary N) is 1. The Balaban J connectivity index is 2.11. The van der Waals surface area contributed by atoms with Crippen LogP contribution < -0.4 is 5.73 Å². The van der Waals surface area contributed by atoms with Crippen molar-refractivity contribution in [3.63, 3.8) is 0 Å². The van der Waals surface area contributed by atoms with Gasteiger partial charge in [0.05, 0.1) is 22.1 Å². The first kappa shape index (κ1) is 22.7. The van der Waals surface area contributed by atoms with E-state index in [1.54, 1.807) is 30.3 Å². The summed E-state index contributed by atoms with van der Waals surface area (Å²) in [5.41, 5.74) is 6.83. The molecular weight excluding hydrogens is 430 g/mol. The highest BCUT2D eigenvalue weighted by molar-refractivity contribution is 7.89. The number of sulfonamides is 1. The number of nitriles is 1. The number of carbonyl (C=O) groups excluding carboxylic acids is 1. The molecule has 0 bridgehead atoms. The summed E-state index contributed by atoms with van der Waals surface area (Å²) in [4.78, 5) is 23.5. The van der Waals surface area contributed by atoms with E-state index in [4.69, 9.17) is 16.1 Å². The Kier molecular flexibility index (Phi) is 6.68. The van der Waals surface area contributed by atoms with Gasteiger partial charge in [0.15, 0.2) is 0 Å². The van der Waals surface area contributed by atoms with Gasteiger partial charge in [-0.2, -0.15) is 9.57 Å². The number of hydrogen-bond donors (Lipinski definition) is 2. The number of hydrogen-bond acceptors (Lipinski definition) is 5. The van der Waals surface area contributed by atoms with Crippen LogP contribution >= 0.6 is 0 Å². The Labute approximate surface area is 185 Å². The lowest BCUT2D eigenvalue weighted by Gasteiger charge is -2.29. The van der Waals surface area contributed by atoms with Gasteiger partial charge in [-0.05, 0) is 47.5 Å². The van der Waals surface area contributed by atoms with Crippen molar-refractivity contribution < 1.29 is 23.1 Å². The van der Waals surface area contributed by atoms with E-state index in [9.17, 15) is 18.0 Å². The fraction of sp³-hybridized carbons (Fsp3) is 0.0870. The molecule has 1 atom stereocenters. The maximum atomic E-state index is 13.6. The zero-order chi connectivity index (χ0) is 23.3. The Bertz CT molecular complexity index is 1270. The standard InChI is InChI=1S/C23H19N3O5S/c24-14-16-8-12-20(13-9-16)32(30,31)26(15-17-6-10-19(11-7-17)23(28)29)21(22(25)27)18-4-2-1-3-5-18/h1-13,21H,15H2,(H2,25,27)(H,28,29)/t21-/m1/s1. The summed E-state index contributed by atoms with van der Waals surface area (Å²) in [5, 5.41) is 18.1. The van der Waals surface area contributed by atoms with Gasteiger partial charge in [0.2, 0.25) is 15.9 Å². The zero-order valence-corrected chi connectivity index (χ0v) is 17.6. The van der Waals surface area contributed by atoms with Crippen LogP contribution in [0.4, 0.5) is 0 Å². The van der Waals surface area contributed by atoms with Crippen LogP contribution in [0.2, 0.25) is 0 Å². The maximum Gasteiger partial charge on any atom is 0.335 e. The number of amides is 1. The second-order valence-corrected chi connectivity index (χ2v) is 8.79. The van der Waals surface area contributed by atoms with Crippen LogP contribution in [0.25, 0.3) is 0 Å². The molecule has 3 N–H and O–H groups in total. The highest BCUT2D eigenvalue weighted by atomic mass is 32.2. The largest absolute Gasteiger partial charge is 0.478 e. The first-order chi connectivity index (χ1) is 15.2. The minimum absolute atomic E-state index is 0.0461. The van der Waals surface area contributed by atoms with Gasteiger partial charge < -0.3 is 10.8 Å². The molecule has 1 amide bonds. The summed E-state index contributed by atoms with van der Waals surface area (Å²) in [6.45, 7) is -0.231. The molecule has 0 aromatic heterocycles. The van der Waals surface area contributed by atoms with Crippen LogP contribution in [0.3, 0.4) is 0 Å². The molecule has 0 fully saturated rings. The predicted molar refractivity (Wildman–Crippen MR) is 116 cm³/mol. The monoisotopic (exact) mass is 449 g/mol. The minimum Gasteiger partial charge on any atom is -0.478 e. The van der Waals surface area contributed by atoms with Crippen molar-refractivity contribution >= 4 is 21.9 Å². The number of carboxylic acids is 1. The fourth-order valence-electron chi connectivity index (χ4n) is 3.19. The number of primary amides is 1. The number of carbonyl (C=O) groups is 2. The highest BCUT2D eigenvalue weighted by Crippen LogP contribution is 2.30. The normalized spacial score (nSPS) is 12.1. The fourth-order valence-corrected chi connectivity index (χ4v) is 4.77. The lowest BCUT2D eigenvalue weighted by atomic mass is 10.1. The third kappa shape index (κ3) is 4.83. The molecule has 0 heterocycles. The predicted octanol–water partition coefficient (Wildman–Crippen LogP) is 2.67. The highest BCUT2D eigenvalue weighted by Gasteiger charge is 2.36. The lowest BCUT2D eigenvalue weighted by molar-refractivity contribution is -0.122. The van der Waals surface area contributed by atoms with Crippen LogP contribution in [0.15, 0.2) is 83.8 Å². The van der Waals surface area contributed by atoms with Gasteiger partial charge in [-0.3, -0.25) is 4.79 Å². The molecule has 0 saturated heterocycles. The van der Waals surface area contributed by atoms with E-state index in [0.717, 1.165) is 4.31 Å². The van der Waals surface area contributed by atoms with Crippen molar-refractivity contribution in [3.8, 4) is 6.07 Å². The van der Waals surface area contributed by atoms with Crippen LogP contribution in [0.1, 0.15) is 33.1 Å². The number of nitrogens with zero attached hydrogens (tertiary/aromatic N) is 2. The van der Waals surface area contributed by atoms with Gasteiger partial charge in [-0.25, -0.2) is 13.2 Å². The van der Waals surface area contributed by atoms with Crippen LogP contribution in [0, 0.1) is 11.3 Å². The molecule has 162 valence electrons. The summed E-state index contributed by atoms with van der Waals surface area (Å²) in [6.07, 6.45) is 0. The molecule has 3 aromatic rings. The minimum atomic E-state index is -4.24. The Morgan fingerprint density at radius 2 is 1.56 bits per heavy atom. The number of benzene rings is 3. The van der Waals surface area contributed by atoms with E-state index < -0.39 is 27.9 Å². The van der Waals surface area contributed by atoms with Crippen LogP contribution in [-0.2, 0) is 21.4 Å². The number of aromatic carboxylic acids is 1. The van der Waals surface area contributed by atoms with Crippen molar-refractivity contribution in [1.82, 2.24) is 4.31 Å². The second kappa shape index (κ2) is 9.43.